The van der Waals surface area contributed by atoms with Crippen molar-refractivity contribution in [3.8, 4) is 0 Å². The lowest BCUT2D eigenvalue weighted by Gasteiger charge is -2.02. The molecule has 1 N–H and O–H groups in total. The second-order valence-electron chi connectivity index (χ2n) is 3.40. The summed E-state index contributed by atoms with van der Waals surface area (Å²) in [6.45, 7) is 2.76. The highest BCUT2D eigenvalue weighted by Gasteiger charge is 2.41. The molecule has 1 rings (SSSR count). The number of unbranched alkanes of at least 4 members (excludes halogenated alkanes) is 4. The van der Waals surface area contributed by atoms with E-state index < -0.39 is 5.79 Å². The standard InChI is InChI=1S/C9H18O2/c1-2-3-4-5-6-7-9(10)8-11-9/h10H,2-8H2,1H3. The zero-order chi connectivity index (χ0) is 8.16. The molecule has 2 nitrogen and oxygen atoms in total. The van der Waals surface area contributed by atoms with Crippen molar-refractivity contribution in [2.24, 2.45) is 0 Å². The highest BCUT2D eigenvalue weighted by Crippen LogP contribution is 2.29. The van der Waals surface area contributed by atoms with Gasteiger partial charge in [-0.2, -0.15) is 0 Å². The van der Waals surface area contributed by atoms with Gasteiger partial charge in [0.05, 0.1) is 0 Å². The van der Waals surface area contributed by atoms with E-state index in [1.807, 2.05) is 0 Å². The van der Waals surface area contributed by atoms with E-state index in [4.69, 9.17) is 4.74 Å². The van der Waals surface area contributed by atoms with Crippen molar-refractivity contribution in [1.29, 1.82) is 0 Å². The quantitative estimate of drug-likeness (QED) is 0.474. The molecule has 1 unspecified atom stereocenters. The molecule has 11 heavy (non-hydrogen) atoms. The van der Waals surface area contributed by atoms with Crippen molar-refractivity contribution in [2.45, 2.75) is 51.2 Å². The van der Waals surface area contributed by atoms with Crippen LogP contribution in [0, 0.1) is 0 Å². The summed E-state index contributed by atoms with van der Waals surface area (Å²) in [5.41, 5.74) is 0. The monoisotopic (exact) mass is 158 g/mol. The first-order chi connectivity index (χ1) is 5.27. The normalized spacial score (nSPS) is 28.9. The van der Waals surface area contributed by atoms with Crippen LogP contribution in [0.2, 0.25) is 0 Å². The van der Waals surface area contributed by atoms with E-state index in [0.29, 0.717) is 6.61 Å². The van der Waals surface area contributed by atoms with Gasteiger partial charge in [0.25, 0.3) is 0 Å². The summed E-state index contributed by atoms with van der Waals surface area (Å²) in [7, 11) is 0. The van der Waals surface area contributed by atoms with Crippen molar-refractivity contribution in [2.75, 3.05) is 6.61 Å². The molecule has 0 saturated carbocycles. The largest absolute Gasteiger partial charge is 0.364 e. The van der Waals surface area contributed by atoms with E-state index in [9.17, 15) is 5.11 Å². The van der Waals surface area contributed by atoms with E-state index in [0.717, 1.165) is 12.8 Å². The molecule has 0 aromatic rings. The molecule has 1 saturated heterocycles. The van der Waals surface area contributed by atoms with E-state index in [1.165, 1.54) is 25.7 Å². The van der Waals surface area contributed by atoms with Crippen molar-refractivity contribution >= 4 is 0 Å². The number of aliphatic hydroxyl groups is 1. The third kappa shape index (κ3) is 3.73. The smallest absolute Gasteiger partial charge is 0.189 e. The summed E-state index contributed by atoms with van der Waals surface area (Å²) in [5.74, 6) is -0.702. The fourth-order valence-corrected chi connectivity index (χ4v) is 1.23. The van der Waals surface area contributed by atoms with Gasteiger partial charge in [0.15, 0.2) is 5.79 Å². The molecule has 1 aliphatic rings. The molecule has 1 fully saturated rings. The van der Waals surface area contributed by atoms with E-state index in [1.54, 1.807) is 0 Å². The van der Waals surface area contributed by atoms with Crippen LogP contribution in [0.3, 0.4) is 0 Å². The Morgan fingerprint density at radius 3 is 2.45 bits per heavy atom. The fraction of sp³-hybridized carbons (Fsp3) is 1.00. The molecule has 1 aliphatic heterocycles. The minimum Gasteiger partial charge on any atom is -0.364 e. The Hall–Kier alpha value is -0.0800. The number of ether oxygens (including phenoxy) is 1. The molecule has 0 bridgehead atoms. The summed E-state index contributed by atoms with van der Waals surface area (Å²) in [5, 5.41) is 9.26. The Balaban J connectivity index is 1.81. The van der Waals surface area contributed by atoms with Crippen LogP contribution in [0.25, 0.3) is 0 Å². The van der Waals surface area contributed by atoms with Gasteiger partial charge < -0.3 is 9.84 Å². The van der Waals surface area contributed by atoms with E-state index in [2.05, 4.69) is 6.92 Å². The number of hydrogen-bond donors (Lipinski definition) is 1. The highest BCUT2D eigenvalue weighted by molar-refractivity contribution is 4.78. The van der Waals surface area contributed by atoms with Gasteiger partial charge in [-0.1, -0.05) is 32.6 Å². The Kier molecular flexibility index (Phi) is 3.34. The molecule has 66 valence electrons. The molecular formula is C9H18O2. The SMILES string of the molecule is CCCCCCCC1(O)CO1. The molecule has 1 heterocycles. The van der Waals surface area contributed by atoms with Crippen molar-refractivity contribution in [3.05, 3.63) is 0 Å². The van der Waals surface area contributed by atoms with Crippen molar-refractivity contribution in [3.63, 3.8) is 0 Å². The minimum atomic E-state index is -0.702. The Bertz CT molecular complexity index is 108. The Morgan fingerprint density at radius 2 is 1.91 bits per heavy atom. The predicted molar refractivity (Wildman–Crippen MR) is 44.3 cm³/mol. The number of hydrogen-bond acceptors (Lipinski definition) is 2. The first-order valence-corrected chi connectivity index (χ1v) is 4.63. The maximum Gasteiger partial charge on any atom is 0.189 e. The van der Waals surface area contributed by atoms with Gasteiger partial charge in [-0.3, -0.25) is 0 Å². The molecular weight excluding hydrogens is 140 g/mol. The minimum absolute atomic E-state index is 0.556. The van der Waals surface area contributed by atoms with Gasteiger partial charge in [0.1, 0.15) is 6.61 Å². The zero-order valence-electron chi connectivity index (χ0n) is 7.31. The fourth-order valence-electron chi connectivity index (χ4n) is 1.23. The maximum atomic E-state index is 9.26. The molecule has 0 amide bonds. The molecule has 0 aromatic carbocycles. The number of rotatable bonds is 6. The maximum absolute atomic E-state index is 9.26. The Morgan fingerprint density at radius 1 is 1.27 bits per heavy atom. The summed E-state index contributed by atoms with van der Waals surface area (Å²) in [6.07, 6.45) is 7.07. The highest BCUT2D eigenvalue weighted by atomic mass is 16.7. The third-order valence-electron chi connectivity index (χ3n) is 2.15. The lowest BCUT2D eigenvalue weighted by Crippen LogP contribution is -2.07. The predicted octanol–water partition coefficient (Wildman–Crippen LogP) is 2.07. The van der Waals surface area contributed by atoms with E-state index >= 15 is 0 Å². The average molecular weight is 158 g/mol. The van der Waals surface area contributed by atoms with Crippen molar-refractivity contribution in [1.82, 2.24) is 0 Å². The van der Waals surface area contributed by atoms with Crippen LogP contribution in [0.1, 0.15) is 45.4 Å². The molecule has 0 aromatic heterocycles. The second-order valence-corrected chi connectivity index (χ2v) is 3.40. The Labute approximate surface area is 68.6 Å². The molecule has 2 heteroatoms. The lowest BCUT2D eigenvalue weighted by molar-refractivity contribution is 0.0265. The van der Waals surface area contributed by atoms with Gasteiger partial charge in [-0.15, -0.1) is 0 Å². The summed E-state index contributed by atoms with van der Waals surface area (Å²) >= 11 is 0. The zero-order valence-corrected chi connectivity index (χ0v) is 7.31. The van der Waals surface area contributed by atoms with Crippen LogP contribution in [0.15, 0.2) is 0 Å². The first kappa shape index (κ1) is 9.01. The van der Waals surface area contributed by atoms with Gasteiger partial charge in [0, 0.05) is 6.42 Å². The van der Waals surface area contributed by atoms with Crippen molar-refractivity contribution < 1.29 is 9.84 Å². The molecule has 0 spiro atoms. The summed E-state index contributed by atoms with van der Waals surface area (Å²) in [6, 6.07) is 0. The van der Waals surface area contributed by atoms with Crippen LogP contribution in [-0.2, 0) is 4.74 Å². The molecule has 1 atom stereocenters. The van der Waals surface area contributed by atoms with Gasteiger partial charge in [-0.25, -0.2) is 0 Å². The van der Waals surface area contributed by atoms with Crippen LogP contribution >= 0.6 is 0 Å². The molecule has 0 aliphatic carbocycles. The lowest BCUT2D eigenvalue weighted by atomic mass is 10.1. The molecule has 0 radical (unpaired) electrons. The summed E-state index contributed by atoms with van der Waals surface area (Å²) in [4.78, 5) is 0. The topological polar surface area (TPSA) is 32.8 Å². The van der Waals surface area contributed by atoms with Crippen LogP contribution in [0.5, 0.6) is 0 Å². The first-order valence-electron chi connectivity index (χ1n) is 4.63. The van der Waals surface area contributed by atoms with Crippen LogP contribution < -0.4 is 0 Å². The third-order valence-corrected chi connectivity index (χ3v) is 2.15. The second kappa shape index (κ2) is 4.07. The van der Waals surface area contributed by atoms with Gasteiger partial charge in [-0.05, 0) is 6.42 Å². The average Bonchev–Trinajstić information content (AvgIpc) is 2.69. The summed E-state index contributed by atoms with van der Waals surface area (Å²) < 4.78 is 4.86. The van der Waals surface area contributed by atoms with Crippen LogP contribution in [-0.4, -0.2) is 17.5 Å². The van der Waals surface area contributed by atoms with Gasteiger partial charge >= 0.3 is 0 Å². The van der Waals surface area contributed by atoms with Crippen LogP contribution in [0.4, 0.5) is 0 Å². The van der Waals surface area contributed by atoms with Gasteiger partial charge in [0.2, 0.25) is 0 Å². The van der Waals surface area contributed by atoms with E-state index in [-0.39, 0.29) is 0 Å². The number of epoxide rings is 1.